The average Bonchev–Trinajstić information content (AvgIpc) is 2.57. The summed E-state index contributed by atoms with van der Waals surface area (Å²) in [6, 6.07) is 0.699. The predicted molar refractivity (Wildman–Crippen MR) is 51.1 cm³/mol. The summed E-state index contributed by atoms with van der Waals surface area (Å²) in [6.07, 6.45) is 2.66. The average molecular weight is 208 g/mol. The first-order chi connectivity index (χ1) is 5.43. The molecule has 1 heterocycles. The van der Waals surface area contributed by atoms with Crippen LogP contribution in [0.3, 0.4) is 0 Å². The summed E-state index contributed by atoms with van der Waals surface area (Å²) >= 11 is 0. The van der Waals surface area contributed by atoms with Crippen molar-refractivity contribution >= 4 is 0 Å². The minimum atomic E-state index is 0. The zero-order chi connectivity index (χ0) is 8.53. The van der Waals surface area contributed by atoms with Crippen LogP contribution in [0.1, 0.15) is 33.6 Å². The second kappa shape index (κ2) is 11.5. The molecule has 1 rings (SSSR count). The van der Waals surface area contributed by atoms with E-state index in [0.717, 1.165) is 13.1 Å². The monoisotopic (exact) mass is 208 g/mol. The smallest absolute Gasteiger partial charge is 0 e. The quantitative estimate of drug-likeness (QED) is 0.755. The number of nitrogens with one attached hydrogen (secondary N) is 1. The standard InChI is InChI=1S/C7H15N2.C2H6.V/c1-2-8-6-7-4-3-5-9-7;1-2;/h7,9H,2-6H2,1H3;1-2H3;/q-1;;. The second-order valence-electron chi connectivity index (χ2n) is 2.52. The largest absolute Gasteiger partial charge is 0.661 e. The van der Waals surface area contributed by atoms with E-state index in [2.05, 4.69) is 17.6 Å². The van der Waals surface area contributed by atoms with E-state index in [-0.39, 0.29) is 18.6 Å². The van der Waals surface area contributed by atoms with Crippen LogP contribution in [-0.4, -0.2) is 25.7 Å². The van der Waals surface area contributed by atoms with Gasteiger partial charge in [0.05, 0.1) is 0 Å². The summed E-state index contributed by atoms with van der Waals surface area (Å²) in [6.45, 7) is 9.29. The van der Waals surface area contributed by atoms with Crippen molar-refractivity contribution in [1.29, 1.82) is 0 Å². The molecular weight excluding hydrogens is 187 g/mol. The molecule has 3 heteroatoms. The fourth-order valence-electron chi connectivity index (χ4n) is 1.20. The van der Waals surface area contributed by atoms with Gasteiger partial charge in [-0.25, -0.2) is 0 Å². The van der Waals surface area contributed by atoms with Crippen LogP contribution in [0.4, 0.5) is 0 Å². The summed E-state index contributed by atoms with van der Waals surface area (Å²) < 4.78 is 0. The van der Waals surface area contributed by atoms with Crippen LogP contribution in [0.25, 0.3) is 5.32 Å². The molecule has 1 radical (unpaired) electrons. The predicted octanol–water partition coefficient (Wildman–Crippen LogP) is 2.16. The number of hydrogen-bond donors (Lipinski definition) is 1. The van der Waals surface area contributed by atoms with Crippen LogP contribution < -0.4 is 5.32 Å². The summed E-state index contributed by atoms with van der Waals surface area (Å²) in [5, 5.41) is 7.69. The van der Waals surface area contributed by atoms with Crippen molar-refractivity contribution in [2.45, 2.75) is 39.7 Å². The Labute approximate surface area is 88.8 Å². The van der Waals surface area contributed by atoms with Crippen LogP contribution in [0.15, 0.2) is 0 Å². The van der Waals surface area contributed by atoms with Crippen molar-refractivity contribution in [2.75, 3.05) is 19.6 Å². The molecule has 73 valence electrons. The first-order valence-corrected chi connectivity index (χ1v) is 4.80. The van der Waals surface area contributed by atoms with Crippen molar-refractivity contribution < 1.29 is 18.6 Å². The maximum Gasteiger partial charge on any atom is 0 e. The van der Waals surface area contributed by atoms with Gasteiger partial charge in [-0.15, -0.1) is 6.54 Å². The van der Waals surface area contributed by atoms with Gasteiger partial charge in [0, 0.05) is 18.6 Å². The molecule has 1 aliphatic rings. The molecule has 0 saturated carbocycles. The van der Waals surface area contributed by atoms with E-state index in [1.54, 1.807) is 0 Å². The van der Waals surface area contributed by atoms with Gasteiger partial charge in [-0.3, -0.25) is 0 Å². The van der Waals surface area contributed by atoms with Gasteiger partial charge >= 0.3 is 0 Å². The van der Waals surface area contributed by atoms with Gasteiger partial charge in [0.25, 0.3) is 0 Å². The third kappa shape index (κ3) is 7.17. The summed E-state index contributed by atoms with van der Waals surface area (Å²) in [5.74, 6) is 0. The van der Waals surface area contributed by atoms with Crippen LogP contribution in [0.5, 0.6) is 0 Å². The maximum atomic E-state index is 4.29. The Morgan fingerprint density at radius 1 is 1.42 bits per heavy atom. The molecule has 1 saturated heterocycles. The van der Waals surface area contributed by atoms with Crippen molar-refractivity contribution in [1.82, 2.24) is 5.32 Å². The van der Waals surface area contributed by atoms with Crippen LogP contribution in [0.2, 0.25) is 0 Å². The van der Waals surface area contributed by atoms with Crippen molar-refractivity contribution in [3.05, 3.63) is 5.32 Å². The molecule has 0 amide bonds. The van der Waals surface area contributed by atoms with Gasteiger partial charge in [-0.1, -0.05) is 20.8 Å². The van der Waals surface area contributed by atoms with Gasteiger partial charge in [-0.2, -0.15) is 6.54 Å². The Balaban J connectivity index is 0. The van der Waals surface area contributed by atoms with E-state index < -0.39 is 0 Å². The van der Waals surface area contributed by atoms with Crippen molar-refractivity contribution in [3.63, 3.8) is 0 Å². The van der Waals surface area contributed by atoms with E-state index in [9.17, 15) is 0 Å². The van der Waals surface area contributed by atoms with Crippen LogP contribution in [-0.2, 0) is 18.6 Å². The second-order valence-corrected chi connectivity index (χ2v) is 2.52. The molecule has 0 spiro atoms. The van der Waals surface area contributed by atoms with E-state index in [1.807, 2.05) is 13.8 Å². The van der Waals surface area contributed by atoms with Crippen LogP contribution >= 0.6 is 0 Å². The molecular formula is C9H21N2V-. The zero-order valence-electron chi connectivity index (χ0n) is 8.51. The Kier molecular flexibility index (Phi) is 14.4. The first kappa shape index (κ1) is 15.0. The Bertz CT molecular complexity index is 72.9. The zero-order valence-corrected chi connectivity index (χ0v) is 9.90. The molecule has 1 unspecified atom stereocenters. The fourth-order valence-corrected chi connectivity index (χ4v) is 1.20. The van der Waals surface area contributed by atoms with Crippen molar-refractivity contribution in [2.24, 2.45) is 0 Å². The molecule has 1 atom stereocenters. The SMILES string of the molecule is CC.CC[N-]CC1CCCN1.[V]. The molecule has 1 aliphatic heterocycles. The Hall–Kier alpha value is 0.504. The number of hydrogen-bond acceptors (Lipinski definition) is 1. The topological polar surface area (TPSA) is 26.1 Å². The normalized spacial score (nSPS) is 20.8. The van der Waals surface area contributed by atoms with Gasteiger partial charge < -0.3 is 10.6 Å². The fraction of sp³-hybridized carbons (Fsp3) is 1.00. The van der Waals surface area contributed by atoms with Gasteiger partial charge in [0.15, 0.2) is 0 Å². The third-order valence-corrected chi connectivity index (χ3v) is 1.74. The van der Waals surface area contributed by atoms with Crippen molar-refractivity contribution in [3.8, 4) is 0 Å². The van der Waals surface area contributed by atoms with E-state index >= 15 is 0 Å². The molecule has 2 nitrogen and oxygen atoms in total. The third-order valence-electron chi connectivity index (χ3n) is 1.74. The van der Waals surface area contributed by atoms with Crippen LogP contribution in [0, 0.1) is 0 Å². The molecule has 1 fully saturated rings. The molecule has 0 aromatic heterocycles. The summed E-state index contributed by atoms with van der Waals surface area (Å²) in [5.41, 5.74) is 0. The Morgan fingerprint density at radius 3 is 2.50 bits per heavy atom. The maximum absolute atomic E-state index is 4.29. The van der Waals surface area contributed by atoms with Gasteiger partial charge in [0.2, 0.25) is 0 Å². The minimum absolute atomic E-state index is 0. The molecule has 0 bridgehead atoms. The van der Waals surface area contributed by atoms with E-state index in [4.69, 9.17) is 0 Å². The van der Waals surface area contributed by atoms with E-state index in [1.165, 1.54) is 19.4 Å². The molecule has 0 aromatic rings. The number of rotatable bonds is 3. The summed E-state index contributed by atoms with van der Waals surface area (Å²) in [7, 11) is 0. The number of likely N-dealkylation sites (N-methyl/N-ethyl adjacent to an activating group) is 1. The van der Waals surface area contributed by atoms with Gasteiger partial charge in [0.1, 0.15) is 0 Å². The summed E-state index contributed by atoms with van der Waals surface area (Å²) in [4.78, 5) is 0. The number of nitrogens with zero attached hydrogens (tertiary/aromatic N) is 1. The first-order valence-electron chi connectivity index (χ1n) is 4.80. The van der Waals surface area contributed by atoms with Gasteiger partial charge in [-0.05, 0) is 25.4 Å². The molecule has 1 N–H and O–H groups in total. The Morgan fingerprint density at radius 2 is 2.08 bits per heavy atom. The molecule has 12 heavy (non-hydrogen) atoms. The molecule has 0 aliphatic carbocycles. The minimum Gasteiger partial charge on any atom is -0.661 e. The molecule has 0 aromatic carbocycles. The van der Waals surface area contributed by atoms with E-state index in [0.29, 0.717) is 6.04 Å².